The van der Waals surface area contributed by atoms with Crippen molar-refractivity contribution in [3.8, 4) is 0 Å². The van der Waals surface area contributed by atoms with Gasteiger partial charge in [-0.3, -0.25) is 4.79 Å². The van der Waals surface area contributed by atoms with Crippen LogP contribution < -0.4 is 11.1 Å². The lowest BCUT2D eigenvalue weighted by atomic mass is 10.1. The maximum atomic E-state index is 13.7. The molecule has 0 atom stereocenters. The van der Waals surface area contributed by atoms with Crippen LogP contribution in [-0.2, 0) is 0 Å². The Hall–Kier alpha value is -1.85. The van der Waals surface area contributed by atoms with Gasteiger partial charge in [-0.05, 0) is 24.3 Å². The maximum absolute atomic E-state index is 13.7. The van der Waals surface area contributed by atoms with E-state index in [-0.39, 0.29) is 21.4 Å². The highest BCUT2D eigenvalue weighted by Crippen LogP contribution is 2.31. The molecule has 0 aliphatic rings. The number of carbonyl (C=O) groups is 1. The molecule has 0 heterocycles. The smallest absolute Gasteiger partial charge is 0.261 e. The number of nitrogens with two attached hydrogens (primary N) is 1. The van der Waals surface area contributed by atoms with Crippen LogP contribution >= 0.6 is 23.2 Å². The van der Waals surface area contributed by atoms with Crippen LogP contribution in [0.3, 0.4) is 0 Å². The topological polar surface area (TPSA) is 55.1 Å². The normalized spacial score (nSPS) is 10.4. The Morgan fingerprint density at radius 2 is 1.70 bits per heavy atom. The molecule has 2 aromatic rings. The fourth-order valence-corrected chi connectivity index (χ4v) is 2.06. The molecule has 2 rings (SSSR count). The first kappa shape index (κ1) is 14.6. The molecule has 0 saturated carbocycles. The Morgan fingerprint density at radius 1 is 1.10 bits per heavy atom. The number of rotatable bonds is 2. The molecule has 104 valence electrons. The summed E-state index contributed by atoms with van der Waals surface area (Å²) in [6, 6.07) is 6.47. The van der Waals surface area contributed by atoms with Crippen LogP contribution in [-0.4, -0.2) is 5.91 Å². The monoisotopic (exact) mass is 316 g/mol. The minimum Gasteiger partial charge on any atom is -0.396 e. The SMILES string of the molecule is Nc1ccc(F)c(C(=O)Nc2c(Cl)cccc2Cl)c1F. The number of benzene rings is 2. The van der Waals surface area contributed by atoms with Gasteiger partial charge in [0.05, 0.1) is 21.4 Å². The zero-order valence-electron chi connectivity index (χ0n) is 9.88. The zero-order chi connectivity index (χ0) is 14.9. The van der Waals surface area contributed by atoms with Gasteiger partial charge in [-0.15, -0.1) is 0 Å². The molecule has 3 nitrogen and oxygen atoms in total. The number of halogens is 4. The van der Waals surface area contributed by atoms with Crippen molar-refractivity contribution in [2.45, 2.75) is 0 Å². The molecule has 2 aromatic carbocycles. The lowest BCUT2D eigenvalue weighted by Gasteiger charge is -2.11. The lowest BCUT2D eigenvalue weighted by Crippen LogP contribution is -2.17. The first-order chi connectivity index (χ1) is 9.41. The molecule has 20 heavy (non-hydrogen) atoms. The van der Waals surface area contributed by atoms with Crippen molar-refractivity contribution < 1.29 is 13.6 Å². The zero-order valence-corrected chi connectivity index (χ0v) is 11.4. The second kappa shape index (κ2) is 5.64. The third kappa shape index (κ3) is 2.69. The minimum absolute atomic E-state index is 0.0713. The molecule has 0 saturated heterocycles. The van der Waals surface area contributed by atoms with Crippen molar-refractivity contribution in [2.24, 2.45) is 0 Å². The van der Waals surface area contributed by atoms with Gasteiger partial charge in [0.1, 0.15) is 11.4 Å². The second-order valence-electron chi connectivity index (χ2n) is 3.88. The van der Waals surface area contributed by atoms with E-state index < -0.39 is 23.1 Å². The van der Waals surface area contributed by atoms with Crippen LogP contribution in [0, 0.1) is 11.6 Å². The first-order valence-electron chi connectivity index (χ1n) is 5.40. The number of carbonyl (C=O) groups excluding carboxylic acids is 1. The van der Waals surface area contributed by atoms with Crippen molar-refractivity contribution in [1.29, 1.82) is 0 Å². The summed E-state index contributed by atoms with van der Waals surface area (Å²) in [6.07, 6.45) is 0. The molecule has 0 unspecified atom stereocenters. The predicted octanol–water partition coefficient (Wildman–Crippen LogP) is 4.11. The summed E-state index contributed by atoms with van der Waals surface area (Å²) in [5, 5.41) is 2.56. The number of hydrogen-bond acceptors (Lipinski definition) is 2. The lowest BCUT2D eigenvalue weighted by molar-refractivity contribution is 0.101. The van der Waals surface area contributed by atoms with E-state index in [0.29, 0.717) is 0 Å². The van der Waals surface area contributed by atoms with Crippen molar-refractivity contribution in [2.75, 3.05) is 11.1 Å². The van der Waals surface area contributed by atoms with Gasteiger partial charge in [0, 0.05) is 0 Å². The van der Waals surface area contributed by atoms with Gasteiger partial charge in [0.15, 0.2) is 5.82 Å². The predicted molar refractivity (Wildman–Crippen MR) is 75.2 cm³/mol. The molecular formula is C13H8Cl2F2N2O. The van der Waals surface area contributed by atoms with E-state index in [4.69, 9.17) is 28.9 Å². The van der Waals surface area contributed by atoms with E-state index in [0.717, 1.165) is 12.1 Å². The van der Waals surface area contributed by atoms with Crippen LogP contribution in [0.4, 0.5) is 20.2 Å². The Labute approximate surface area is 123 Å². The molecule has 0 radical (unpaired) electrons. The fraction of sp³-hybridized carbons (Fsp3) is 0. The molecule has 0 fully saturated rings. The van der Waals surface area contributed by atoms with E-state index in [2.05, 4.69) is 5.32 Å². The quantitative estimate of drug-likeness (QED) is 0.819. The fourth-order valence-electron chi connectivity index (χ4n) is 1.57. The van der Waals surface area contributed by atoms with Crippen molar-refractivity contribution in [3.63, 3.8) is 0 Å². The van der Waals surface area contributed by atoms with Crippen molar-refractivity contribution in [1.82, 2.24) is 0 Å². The highest BCUT2D eigenvalue weighted by molar-refractivity contribution is 6.40. The molecule has 0 spiro atoms. The standard InChI is InChI=1S/C13H8Cl2F2N2O/c14-6-2-1-3-7(15)12(6)19-13(20)10-8(16)4-5-9(18)11(10)17/h1-5H,18H2,(H,19,20). The van der Waals surface area contributed by atoms with Gasteiger partial charge in [0.25, 0.3) is 5.91 Å². The van der Waals surface area contributed by atoms with Gasteiger partial charge in [-0.2, -0.15) is 0 Å². The number of amides is 1. The van der Waals surface area contributed by atoms with E-state index in [1.54, 1.807) is 6.07 Å². The second-order valence-corrected chi connectivity index (χ2v) is 4.69. The van der Waals surface area contributed by atoms with Crippen molar-refractivity contribution >= 4 is 40.5 Å². The Balaban J connectivity index is 2.41. The molecule has 7 heteroatoms. The van der Waals surface area contributed by atoms with Gasteiger partial charge in [-0.1, -0.05) is 29.3 Å². The maximum Gasteiger partial charge on any atom is 0.261 e. The van der Waals surface area contributed by atoms with Crippen LogP contribution in [0.1, 0.15) is 10.4 Å². The number of nitrogen functional groups attached to an aromatic ring is 1. The van der Waals surface area contributed by atoms with Crippen LogP contribution in [0.2, 0.25) is 10.0 Å². The molecule has 1 amide bonds. The van der Waals surface area contributed by atoms with Gasteiger partial charge >= 0.3 is 0 Å². The Kier molecular flexibility index (Phi) is 4.11. The Bertz CT molecular complexity index is 672. The summed E-state index contributed by atoms with van der Waals surface area (Å²) in [7, 11) is 0. The third-order valence-corrected chi connectivity index (χ3v) is 3.18. The highest BCUT2D eigenvalue weighted by Gasteiger charge is 2.21. The average Bonchev–Trinajstić information content (AvgIpc) is 2.39. The van der Waals surface area contributed by atoms with Crippen LogP contribution in [0.15, 0.2) is 30.3 Å². The summed E-state index contributed by atoms with van der Waals surface area (Å²) >= 11 is 11.7. The molecule has 3 N–H and O–H groups in total. The van der Waals surface area contributed by atoms with E-state index in [9.17, 15) is 13.6 Å². The highest BCUT2D eigenvalue weighted by atomic mass is 35.5. The largest absolute Gasteiger partial charge is 0.396 e. The molecule has 0 aromatic heterocycles. The van der Waals surface area contributed by atoms with E-state index in [1.165, 1.54) is 12.1 Å². The number of nitrogens with one attached hydrogen (secondary N) is 1. The molecule has 0 aliphatic carbocycles. The van der Waals surface area contributed by atoms with E-state index >= 15 is 0 Å². The van der Waals surface area contributed by atoms with Crippen molar-refractivity contribution in [3.05, 3.63) is 57.6 Å². The third-order valence-electron chi connectivity index (χ3n) is 2.55. The van der Waals surface area contributed by atoms with Gasteiger partial charge in [-0.25, -0.2) is 8.78 Å². The molecule has 0 aliphatic heterocycles. The number of hydrogen-bond donors (Lipinski definition) is 2. The summed E-state index contributed by atoms with van der Waals surface area (Å²) in [6.45, 7) is 0. The first-order valence-corrected chi connectivity index (χ1v) is 6.16. The number of anilines is 2. The van der Waals surface area contributed by atoms with Gasteiger partial charge in [0.2, 0.25) is 0 Å². The van der Waals surface area contributed by atoms with Gasteiger partial charge < -0.3 is 11.1 Å². The summed E-state index contributed by atoms with van der Waals surface area (Å²) in [4.78, 5) is 11.9. The average molecular weight is 317 g/mol. The number of para-hydroxylation sites is 1. The Morgan fingerprint density at radius 3 is 2.30 bits per heavy atom. The molecule has 0 bridgehead atoms. The summed E-state index contributed by atoms with van der Waals surface area (Å²) < 4.78 is 27.3. The summed E-state index contributed by atoms with van der Waals surface area (Å²) in [5.74, 6) is -3.19. The van der Waals surface area contributed by atoms with Crippen LogP contribution in [0.5, 0.6) is 0 Å². The molecular weight excluding hydrogens is 309 g/mol. The minimum atomic E-state index is -1.13. The summed E-state index contributed by atoms with van der Waals surface area (Å²) in [5.41, 5.74) is 4.26. The van der Waals surface area contributed by atoms with E-state index in [1.807, 2.05) is 0 Å². The van der Waals surface area contributed by atoms with Crippen LogP contribution in [0.25, 0.3) is 0 Å².